The fraction of sp³-hybridized carbons (Fsp3) is 0.467. The molecule has 0 saturated carbocycles. The molecule has 1 aromatic carbocycles. The summed E-state index contributed by atoms with van der Waals surface area (Å²) >= 11 is 0. The highest BCUT2D eigenvalue weighted by molar-refractivity contribution is 5.76. The molecule has 1 N–H and O–H groups in total. The predicted molar refractivity (Wildman–Crippen MR) is 75.1 cm³/mol. The molecule has 1 fully saturated rings. The van der Waals surface area contributed by atoms with Crippen LogP contribution in [-0.2, 0) is 9.53 Å². The van der Waals surface area contributed by atoms with E-state index in [1.54, 1.807) is 7.05 Å². The van der Waals surface area contributed by atoms with Crippen molar-refractivity contribution in [3.05, 3.63) is 35.9 Å². The van der Waals surface area contributed by atoms with Crippen LogP contribution < -0.4 is 5.32 Å². The average molecular weight is 276 g/mol. The van der Waals surface area contributed by atoms with Crippen molar-refractivity contribution in [1.29, 1.82) is 0 Å². The highest BCUT2D eigenvalue weighted by Crippen LogP contribution is 2.15. The second-order valence-corrected chi connectivity index (χ2v) is 5.12. The number of carbonyl (C=O) groups is 2. The van der Waals surface area contributed by atoms with Crippen molar-refractivity contribution in [2.24, 2.45) is 0 Å². The number of rotatable bonds is 5. The van der Waals surface area contributed by atoms with Crippen molar-refractivity contribution in [3.8, 4) is 0 Å². The molecular weight excluding hydrogens is 256 g/mol. The molecule has 5 nitrogen and oxygen atoms in total. The highest BCUT2D eigenvalue weighted by atomic mass is 16.6. The normalized spacial score (nSPS) is 19.6. The van der Waals surface area contributed by atoms with Gasteiger partial charge in [-0.2, -0.15) is 0 Å². The molecule has 2 amide bonds. The summed E-state index contributed by atoms with van der Waals surface area (Å²) in [6.07, 6.45) is 0.435. The molecule has 0 radical (unpaired) electrons. The quantitative estimate of drug-likeness (QED) is 0.896. The zero-order valence-corrected chi connectivity index (χ0v) is 11.8. The maximum atomic E-state index is 11.9. The first-order valence-corrected chi connectivity index (χ1v) is 6.82. The lowest BCUT2D eigenvalue weighted by Gasteiger charge is -2.15. The third-order valence-electron chi connectivity index (χ3n) is 3.43. The molecule has 1 heterocycles. The van der Waals surface area contributed by atoms with Gasteiger partial charge in [0.2, 0.25) is 5.91 Å². The van der Waals surface area contributed by atoms with Crippen molar-refractivity contribution in [1.82, 2.24) is 10.2 Å². The molecule has 1 aliphatic heterocycles. The molecule has 1 aliphatic rings. The van der Waals surface area contributed by atoms with Gasteiger partial charge in [-0.1, -0.05) is 30.3 Å². The van der Waals surface area contributed by atoms with Crippen LogP contribution in [-0.4, -0.2) is 36.6 Å². The number of amides is 2. The van der Waals surface area contributed by atoms with Crippen LogP contribution >= 0.6 is 0 Å². The van der Waals surface area contributed by atoms with Crippen LogP contribution in [0.2, 0.25) is 0 Å². The predicted octanol–water partition coefficient (Wildman–Crippen LogP) is 2.09. The molecule has 5 heteroatoms. The summed E-state index contributed by atoms with van der Waals surface area (Å²) in [6, 6.07) is 9.80. The Morgan fingerprint density at radius 2 is 2.15 bits per heavy atom. The summed E-state index contributed by atoms with van der Waals surface area (Å²) in [6.45, 7) is 2.51. The van der Waals surface area contributed by atoms with Crippen molar-refractivity contribution in [2.75, 3.05) is 13.6 Å². The first-order chi connectivity index (χ1) is 9.56. The van der Waals surface area contributed by atoms with E-state index in [2.05, 4.69) is 5.32 Å². The molecule has 1 aromatic rings. The van der Waals surface area contributed by atoms with E-state index >= 15 is 0 Å². The minimum Gasteiger partial charge on any atom is -0.444 e. The van der Waals surface area contributed by atoms with Gasteiger partial charge in [-0.25, -0.2) is 4.79 Å². The smallest absolute Gasteiger partial charge is 0.409 e. The number of hydrogen-bond acceptors (Lipinski definition) is 3. The van der Waals surface area contributed by atoms with Gasteiger partial charge in [0.05, 0.1) is 12.6 Å². The van der Waals surface area contributed by atoms with Gasteiger partial charge < -0.3 is 15.0 Å². The lowest BCUT2D eigenvalue weighted by Crippen LogP contribution is -2.28. The molecule has 0 aliphatic carbocycles. The fourth-order valence-corrected chi connectivity index (χ4v) is 2.23. The summed E-state index contributed by atoms with van der Waals surface area (Å²) in [7, 11) is 1.69. The molecule has 0 aromatic heterocycles. The Morgan fingerprint density at radius 1 is 1.45 bits per heavy atom. The standard InChI is InChI=1S/C15H20N2O3/c1-11(12-6-4-3-5-7-12)16-14(18)9-8-13-10-17(2)15(19)20-13/h3-7,11,13H,8-10H2,1-2H3,(H,16,18). The summed E-state index contributed by atoms with van der Waals surface area (Å²) in [4.78, 5) is 24.6. The van der Waals surface area contributed by atoms with Gasteiger partial charge >= 0.3 is 6.09 Å². The van der Waals surface area contributed by atoms with Crippen molar-refractivity contribution in [3.63, 3.8) is 0 Å². The molecular formula is C15H20N2O3. The molecule has 0 spiro atoms. The number of nitrogens with one attached hydrogen (secondary N) is 1. The van der Waals surface area contributed by atoms with Gasteiger partial charge in [-0.15, -0.1) is 0 Å². The topological polar surface area (TPSA) is 58.6 Å². The van der Waals surface area contributed by atoms with Crippen LogP contribution in [0.3, 0.4) is 0 Å². The van der Waals surface area contributed by atoms with E-state index in [1.165, 1.54) is 4.90 Å². The lowest BCUT2D eigenvalue weighted by molar-refractivity contribution is -0.122. The maximum Gasteiger partial charge on any atom is 0.409 e. The number of cyclic esters (lactones) is 1. The molecule has 2 atom stereocenters. The molecule has 108 valence electrons. The summed E-state index contributed by atoms with van der Waals surface area (Å²) < 4.78 is 5.12. The molecule has 20 heavy (non-hydrogen) atoms. The van der Waals surface area contributed by atoms with E-state index < -0.39 is 0 Å². The molecule has 2 rings (SSSR count). The van der Waals surface area contributed by atoms with E-state index in [1.807, 2.05) is 37.3 Å². The third-order valence-corrected chi connectivity index (χ3v) is 3.43. The molecule has 0 bridgehead atoms. The Hall–Kier alpha value is -2.04. The van der Waals surface area contributed by atoms with Crippen LogP contribution in [0.15, 0.2) is 30.3 Å². The molecule has 1 saturated heterocycles. The van der Waals surface area contributed by atoms with Crippen LogP contribution in [0, 0.1) is 0 Å². The van der Waals surface area contributed by atoms with E-state index in [0.717, 1.165) is 5.56 Å². The van der Waals surface area contributed by atoms with Gasteiger partial charge in [0, 0.05) is 13.5 Å². The fourth-order valence-electron chi connectivity index (χ4n) is 2.23. The van der Waals surface area contributed by atoms with Crippen LogP contribution in [0.25, 0.3) is 0 Å². The zero-order valence-electron chi connectivity index (χ0n) is 11.8. The number of nitrogens with zero attached hydrogens (tertiary/aromatic N) is 1. The van der Waals surface area contributed by atoms with E-state index in [9.17, 15) is 9.59 Å². The number of ether oxygens (including phenoxy) is 1. The van der Waals surface area contributed by atoms with Gasteiger partial charge in [0.15, 0.2) is 0 Å². The SMILES string of the molecule is CC(NC(=O)CCC1CN(C)C(=O)O1)c1ccccc1. The average Bonchev–Trinajstić information content (AvgIpc) is 2.76. The van der Waals surface area contributed by atoms with E-state index in [0.29, 0.717) is 19.4 Å². The Morgan fingerprint density at radius 3 is 2.75 bits per heavy atom. The Kier molecular flexibility index (Phi) is 4.61. The van der Waals surface area contributed by atoms with Gasteiger partial charge in [-0.05, 0) is 18.9 Å². The van der Waals surface area contributed by atoms with Gasteiger partial charge in [-0.3, -0.25) is 4.79 Å². The number of likely N-dealkylation sites (N-methyl/N-ethyl adjacent to an activating group) is 1. The number of carbonyl (C=O) groups excluding carboxylic acids is 2. The van der Waals surface area contributed by atoms with Crippen LogP contribution in [0.4, 0.5) is 4.79 Å². The minimum absolute atomic E-state index is 0.0162. The Bertz CT molecular complexity index is 475. The minimum atomic E-state index is -0.312. The second kappa shape index (κ2) is 6.41. The van der Waals surface area contributed by atoms with Crippen molar-refractivity contribution in [2.45, 2.75) is 31.9 Å². The van der Waals surface area contributed by atoms with Crippen molar-refractivity contribution < 1.29 is 14.3 Å². The molecule has 2 unspecified atom stereocenters. The van der Waals surface area contributed by atoms with E-state index in [-0.39, 0.29) is 24.1 Å². The maximum absolute atomic E-state index is 11.9. The number of benzene rings is 1. The van der Waals surface area contributed by atoms with Crippen LogP contribution in [0.5, 0.6) is 0 Å². The van der Waals surface area contributed by atoms with Gasteiger partial charge in [0.25, 0.3) is 0 Å². The lowest BCUT2D eigenvalue weighted by atomic mass is 10.1. The first kappa shape index (κ1) is 14.4. The zero-order chi connectivity index (χ0) is 14.5. The third kappa shape index (κ3) is 3.73. The summed E-state index contributed by atoms with van der Waals surface area (Å²) in [5.74, 6) is -0.0213. The van der Waals surface area contributed by atoms with Gasteiger partial charge in [0.1, 0.15) is 6.10 Å². The highest BCUT2D eigenvalue weighted by Gasteiger charge is 2.28. The second-order valence-electron chi connectivity index (χ2n) is 5.12. The number of hydrogen-bond donors (Lipinski definition) is 1. The van der Waals surface area contributed by atoms with E-state index in [4.69, 9.17) is 4.74 Å². The Labute approximate surface area is 118 Å². The largest absolute Gasteiger partial charge is 0.444 e. The summed E-state index contributed by atoms with van der Waals surface area (Å²) in [5, 5.41) is 2.95. The monoisotopic (exact) mass is 276 g/mol. The Balaban J connectivity index is 1.75. The first-order valence-electron chi connectivity index (χ1n) is 6.82. The van der Waals surface area contributed by atoms with Crippen molar-refractivity contribution >= 4 is 12.0 Å². The summed E-state index contributed by atoms with van der Waals surface area (Å²) in [5.41, 5.74) is 1.08. The van der Waals surface area contributed by atoms with Crippen LogP contribution in [0.1, 0.15) is 31.4 Å².